The van der Waals surface area contributed by atoms with Crippen molar-refractivity contribution in [3.63, 3.8) is 0 Å². The number of rotatable bonds is 6. The first-order valence-electron chi connectivity index (χ1n) is 6.54. The number of hydrazine groups is 1. The second-order valence-corrected chi connectivity index (χ2v) is 5.74. The van der Waals surface area contributed by atoms with E-state index in [1.807, 2.05) is 23.9 Å². The largest absolute Gasteiger partial charge is 0.377 e. The van der Waals surface area contributed by atoms with Gasteiger partial charge in [0.15, 0.2) is 0 Å². The topological polar surface area (TPSA) is 64.3 Å². The molecule has 0 aliphatic carbocycles. The normalized spacial score (nSPS) is 18.5. The van der Waals surface area contributed by atoms with Crippen LogP contribution in [0.5, 0.6) is 0 Å². The standard InChI is InChI=1S/C14H20N2O2S/c15-16-14(17)8-11-3-5-12(6-4-11)9-19-10-13-2-1-7-18-13/h3-6,13H,1-2,7-10,15H2,(H,16,17). The van der Waals surface area contributed by atoms with E-state index in [4.69, 9.17) is 10.6 Å². The Hall–Kier alpha value is -1.04. The molecule has 3 N–H and O–H groups in total. The van der Waals surface area contributed by atoms with Crippen molar-refractivity contribution in [2.45, 2.75) is 31.1 Å². The van der Waals surface area contributed by atoms with Crippen LogP contribution in [0, 0.1) is 0 Å². The van der Waals surface area contributed by atoms with E-state index >= 15 is 0 Å². The predicted molar refractivity (Wildman–Crippen MR) is 77.6 cm³/mol. The first-order chi connectivity index (χ1) is 9.28. The summed E-state index contributed by atoms with van der Waals surface area (Å²) in [5.74, 6) is 6.95. The van der Waals surface area contributed by atoms with Crippen LogP contribution in [0.4, 0.5) is 0 Å². The molecule has 0 spiro atoms. The minimum Gasteiger partial charge on any atom is -0.377 e. The van der Waals surface area contributed by atoms with Crippen molar-refractivity contribution < 1.29 is 9.53 Å². The Morgan fingerprint density at radius 3 is 2.74 bits per heavy atom. The molecule has 104 valence electrons. The van der Waals surface area contributed by atoms with Crippen molar-refractivity contribution in [1.29, 1.82) is 0 Å². The van der Waals surface area contributed by atoms with E-state index in [2.05, 4.69) is 17.6 Å². The van der Waals surface area contributed by atoms with Crippen LogP contribution in [0.3, 0.4) is 0 Å². The predicted octanol–water partition coefficient (Wildman–Crippen LogP) is 1.63. The summed E-state index contributed by atoms with van der Waals surface area (Å²) in [6.45, 7) is 0.920. The summed E-state index contributed by atoms with van der Waals surface area (Å²) in [7, 11) is 0. The van der Waals surface area contributed by atoms with Gasteiger partial charge < -0.3 is 4.74 Å². The molecule has 1 aliphatic rings. The quantitative estimate of drug-likeness (QED) is 0.472. The summed E-state index contributed by atoms with van der Waals surface area (Å²) in [4.78, 5) is 11.1. The molecule has 0 radical (unpaired) electrons. The highest BCUT2D eigenvalue weighted by molar-refractivity contribution is 7.98. The third-order valence-corrected chi connectivity index (χ3v) is 4.29. The zero-order valence-electron chi connectivity index (χ0n) is 10.9. The highest BCUT2D eigenvalue weighted by Gasteiger charge is 2.14. The first kappa shape index (κ1) is 14.4. The van der Waals surface area contributed by atoms with Crippen molar-refractivity contribution in [2.75, 3.05) is 12.4 Å². The number of hydrogen-bond acceptors (Lipinski definition) is 4. The van der Waals surface area contributed by atoms with Crippen LogP contribution in [-0.2, 0) is 21.7 Å². The Morgan fingerprint density at radius 2 is 2.11 bits per heavy atom. The van der Waals surface area contributed by atoms with Crippen LogP contribution >= 0.6 is 11.8 Å². The molecule has 19 heavy (non-hydrogen) atoms. The van der Waals surface area contributed by atoms with E-state index < -0.39 is 0 Å². The Labute approximate surface area is 118 Å². The van der Waals surface area contributed by atoms with Crippen LogP contribution in [0.2, 0.25) is 0 Å². The molecule has 2 rings (SSSR count). The molecule has 1 atom stereocenters. The maximum atomic E-state index is 11.1. The van der Waals surface area contributed by atoms with Gasteiger partial charge >= 0.3 is 0 Å². The summed E-state index contributed by atoms with van der Waals surface area (Å²) < 4.78 is 5.59. The van der Waals surface area contributed by atoms with E-state index in [9.17, 15) is 4.79 Å². The molecule has 1 amide bonds. The zero-order valence-corrected chi connectivity index (χ0v) is 11.7. The molecular formula is C14H20N2O2S. The highest BCUT2D eigenvalue weighted by Crippen LogP contribution is 2.20. The van der Waals surface area contributed by atoms with E-state index in [1.165, 1.54) is 18.4 Å². The van der Waals surface area contributed by atoms with Gasteiger partial charge in [-0.3, -0.25) is 10.2 Å². The van der Waals surface area contributed by atoms with Crippen LogP contribution in [0.1, 0.15) is 24.0 Å². The third kappa shape index (κ3) is 4.86. The molecule has 1 aromatic rings. The van der Waals surface area contributed by atoms with Crippen LogP contribution in [0.25, 0.3) is 0 Å². The van der Waals surface area contributed by atoms with Gasteiger partial charge in [-0.15, -0.1) is 0 Å². The maximum Gasteiger partial charge on any atom is 0.238 e. The molecule has 5 heteroatoms. The monoisotopic (exact) mass is 280 g/mol. The highest BCUT2D eigenvalue weighted by atomic mass is 32.2. The van der Waals surface area contributed by atoms with Crippen LogP contribution < -0.4 is 11.3 Å². The molecule has 1 fully saturated rings. The third-order valence-electron chi connectivity index (χ3n) is 3.15. The van der Waals surface area contributed by atoms with Crippen molar-refractivity contribution >= 4 is 17.7 Å². The number of nitrogens with two attached hydrogens (primary N) is 1. The van der Waals surface area contributed by atoms with Crippen LogP contribution in [-0.4, -0.2) is 24.4 Å². The number of thioether (sulfide) groups is 1. The average molecular weight is 280 g/mol. The number of hydrogen-bond donors (Lipinski definition) is 2. The molecular weight excluding hydrogens is 260 g/mol. The fraction of sp³-hybridized carbons (Fsp3) is 0.500. The molecule has 1 aliphatic heterocycles. The Bertz CT molecular complexity index is 402. The zero-order chi connectivity index (χ0) is 13.5. The van der Waals surface area contributed by atoms with E-state index in [0.717, 1.165) is 23.7 Å². The number of benzene rings is 1. The number of nitrogens with one attached hydrogen (secondary N) is 1. The Balaban J connectivity index is 1.73. The summed E-state index contributed by atoms with van der Waals surface area (Å²) in [6, 6.07) is 8.11. The molecule has 0 saturated carbocycles. The number of ether oxygens (including phenoxy) is 1. The van der Waals surface area contributed by atoms with Gasteiger partial charge in [-0.2, -0.15) is 11.8 Å². The molecule has 0 aromatic heterocycles. The summed E-state index contributed by atoms with van der Waals surface area (Å²) >= 11 is 1.90. The van der Waals surface area contributed by atoms with E-state index in [-0.39, 0.29) is 5.91 Å². The van der Waals surface area contributed by atoms with Gasteiger partial charge in [0.1, 0.15) is 0 Å². The lowest BCUT2D eigenvalue weighted by atomic mass is 10.1. The van der Waals surface area contributed by atoms with Crippen molar-refractivity contribution in [3.8, 4) is 0 Å². The second-order valence-electron chi connectivity index (χ2n) is 4.71. The van der Waals surface area contributed by atoms with E-state index in [1.54, 1.807) is 0 Å². The molecule has 0 bridgehead atoms. The van der Waals surface area contributed by atoms with Crippen LogP contribution in [0.15, 0.2) is 24.3 Å². The second kappa shape index (κ2) is 7.53. The lowest BCUT2D eigenvalue weighted by Gasteiger charge is -2.09. The van der Waals surface area contributed by atoms with Crippen molar-refractivity contribution in [3.05, 3.63) is 35.4 Å². The number of amides is 1. The molecule has 1 heterocycles. The summed E-state index contributed by atoms with van der Waals surface area (Å²) in [5, 5.41) is 0. The van der Waals surface area contributed by atoms with E-state index in [0.29, 0.717) is 12.5 Å². The maximum absolute atomic E-state index is 11.1. The minimum atomic E-state index is -0.166. The van der Waals surface area contributed by atoms with Crippen molar-refractivity contribution in [2.24, 2.45) is 5.84 Å². The average Bonchev–Trinajstić information content (AvgIpc) is 2.94. The van der Waals surface area contributed by atoms with Gasteiger partial charge in [-0.25, -0.2) is 5.84 Å². The van der Waals surface area contributed by atoms with Gasteiger partial charge in [-0.05, 0) is 24.0 Å². The van der Waals surface area contributed by atoms with Gasteiger partial charge in [0.2, 0.25) is 5.91 Å². The number of carbonyl (C=O) groups excluding carboxylic acids is 1. The summed E-state index contributed by atoms with van der Waals surface area (Å²) in [6.07, 6.45) is 3.17. The molecule has 1 saturated heterocycles. The molecule has 1 unspecified atom stereocenters. The van der Waals surface area contributed by atoms with Gasteiger partial charge in [0.05, 0.1) is 12.5 Å². The Kier molecular flexibility index (Phi) is 5.69. The van der Waals surface area contributed by atoms with Crippen molar-refractivity contribution in [1.82, 2.24) is 5.43 Å². The number of carbonyl (C=O) groups is 1. The smallest absolute Gasteiger partial charge is 0.238 e. The lowest BCUT2D eigenvalue weighted by molar-refractivity contribution is -0.120. The first-order valence-corrected chi connectivity index (χ1v) is 7.70. The van der Waals surface area contributed by atoms with Gasteiger partial charge in [-0.1, -0.05) is 24.3 Å². The molecule has 4 nitrogen and oxygen atoms in total. The summed E-state index contributed by atoms with van der Waals surface area (Å²) in [5.41, 5.74) is 4.40. The lowest BCUT2D eigenvalue weighted by Crippen LogP contribution is -2.31. The Morgan fingerprint density at radius 1 is 1.37 bits per heavy atom. The van der Waals surface area contributed by atoms with Gasteiger partial charge in [0, 0.05) is 18.1 Å². The fourth-order valence-electron chi connectivity index (χ4n) is 2.07. The van der Waals surface area contributed by atoms with Gasteiger partial charge in [0.25, 0.3) is 0 Å². The molecule has 1 aromatic carbocycles. The minimum absolute atomic E-state index is 0.166. The SMILES string of the molecule is NNC(=O)Cc1ccc(CSCC2CCCO2)cc1. The fourth-order valence-corrected chi connectivity index (χ4v) is 3.15.